The van der Waals surface area contributed by atoms with Gasteiger partial charge in [-0.15, -0.1) is 10.2 Å². The molecule has 0 aliphatic carbocycles. The number of nitrogens with zero attached hydrogens (tertiary/aromatic N) is 3. The van der Waals surface area contributed by atoms with Gasteiger partial charge in [0.1, 0.15) is 5.75 Å². The Morgan fingerprint density at radius 1 is 1.13 bits per heavy atom. The highest BCUT2D eigenvalue weighted by Gasteiger charge is 2.21. The number of hydrogen-bond acceptors (Lipinski definition) is 5. The summed E-state index contributed by atoms with van der Waals surface area (Å²) in [4.78, 5) is 12.9. The van der Waals surface area contributed by atoms with Crippen LogP contribution in [0.5, 0.6) is 5.75 Å². The molecule has 2 atom stereocenters. The van der Waals surface area contributed by atoms with Gasteiger partial charge in [-0.05, 0) is 43.0 Å². The molecule has 1 aromatic heterocycles. The molecule has 7 heteroatoms. The van der Waals surface area contributed by atoms with E-state index in [1.165, 1.54) is 11.8 Å². The van der Waals surface area contributed by atoms with Gasteiger partial charge in [0, 0.05) is 12.7 Å². The lowest BCUT2D eigenvalue weighted by Crippen LogP contribution is -2.23. The normalized spacial score (nSPS) is 13.0. The van der Waals surface area contributed by atoms with E-state index in [1.807, 2.05) is 61.0 Å². The van der Waals surface area contributed by atoms with Gasteiger partial charge in [-0.3, -0.25) is 4.79 Å². The molecule has 158 valence electrons. The van der Waals surface area contributed by atoms with Crippen molar-refractivity contribution in [1.82, 2.24) is 14.8 Å². The van der Waals surface area contributed by atoms with Crippen LogP contribution in [0, 0.1) is 0 Å². The van der Waals surface area contributed by atoms with Crippen LogP contribution in [0.25, 0.3) is 11.4 Å². The molecule has 2 aromatic carbocycles. The van der Waals surface area contributed by atoms with Gasteiger partial charge in [-0.2, -0.15) is 0 Å². The van der Waals surface area contributed by atoms with Gasteiger partial charge in [-0.1, -0.05) is 55.9 Å². The number of thioether (sulfide) groups is 1. The lowest BCUT2D eigenvalue weighted by atomic mass is 9.97. The summed E-state index contributed by atoms with van der Waals surface area (Å²) in [6, 6.07) is 15.7. The summed E-state index contributed by atoms with van der Waals surface area (Å²) in [6.45, 7) is 6.19. The molecular formula is C23H28N4O2S. The summed E-state index contributed by atoms with van der Waals surface area (Å²) >= 11 is 1.38. The summed E-state index contributed by atoms with van der Waals surface area (Å²) < 4.78 is 7.33. The maximum atomic E-state index is 12.9. The number of aromatic nitrogens is 3. The minimum Gasteiger partial charge on any atom is -0.496 e. The van der Waals surface area contributed by atoms with E-state index < -0.39 is 0 Å². The van der Waals surface area contributed by atoms with E-state index in [0.29, 0.717) is 16.9 Å². The number of nitrogens with one attached hydrogen (secondary N) is 1. The Balaban J connectivity index is 1.75. The van der Waals surface area contributed by atoms with Crippen molar-refractivity contribution in [3.05, 3.63) is 54.1 Å². The van der Waals surface area contributed by atoms with Crippen LogP contribution in [0.1, 0.15) is 38.7 Å². The first-order valence-corrected chi connectivity index (χ1v) is 10.9. The number of carbonyl (C=O) groups excluding carboxylic acids is 1. The van der Waals surface area contributed by atoms with Crippen molar-refractivity contribution in [1.29, 1.82) is 0 Å². The summed E-state index contributed by atoms with van der Waals surface area (Å²) in [5, 5.41) is 12.0. The van der Waals surface area contributed by atoms with Crippen LogP contribution in [-0.2, 0) is 11.8 Å². The predicted octanol–water partition coefficient (Wildman–Crippen LogP) is 5.12. The first-order chi connectivity index (χ1) is 14.5. The topological polar surface area (TPSA) is 69.0 Å². The van der Waals surface area contributed by atoms with E-state index in [9.17, 15) is 4.79 Å². The lowest BCUT2D eigenvalue weighted by molar-refractivity contribution is -0.115. The molecule has 1 N–H and O–H groups in total. The van der Waals surface area contributed by atoms with Crippen molar-refractivity contribution >= 4 is 23.4 Å². The molecule has 3 aromatic rings. The minimum atomic E-state index is -0.330. The van der Waals surface area contributed by atoms with Crippen molar-refractivity contribution in [2.75, 3.05) is 12.4 Å². The predicted molar refractivity (Wildman–Crippen MR) is 122 cm³/mol. The second-order valence-electron chi connectivity index (χ2n) is 7.21. The third-order valence-corrected chi connectivity index (χ3v) is 6.33. The van der Waals surface area contributed by atoms with Gasteiger partial charge in [0.15, 0.2) is 11.0 Å². The van der Waals surface area contributed by atoms with Crippen molar-refractivity contribution in [3.63, 3.8) is 0 Å². The average Bonchev–Trinajstić information content (AvgIpc) is 3.13. The summed E-state index contributed by atoms with van der Waals surface area (Å²) in [5.74, 6) is 1.76. The highest BCUT2D eigenvalue weighted by Crippen LogP contribution is 2.32. The van der Waals surface area contributed by atoms with Crippen molar-refractivity contribution in [2.24, 2.45) is 7.05 Å². The molecule has 1 amide bonds. The number of rotatable bonds is 8. The summed E-state index contributed by atoms with van der Waals surface area (Å²) in [6.07, 6.45) is 1.02. The number of anilines is 1. The van der Waals surface area contributed by atoms with E-state index in [1.54, 1.807) is 7.11 Å². The molecule has 0 fully saturated rings. The molecule has 0 radical (unpaired) electrons. The maximum Gasteiger partial charge on any atom is 0.237 e. The Morgan fingerprint density at radius 3 is 2.57 bits per heavy atom. The first kappa shape index (κ1) is 21.9. The molecule has 0 saturated heterocycles. The third-order valence-electron chi connectivity index (χ3n) is 5.20. The Hall–Kier alpha value is -2.80. The SMILES string of the molecule is CC[C@@H](C)c1ccccc1NC(=O)[C@@H](C)Sc1nnc(-c2ccccc2OC)n1C. The number of ether oxygens (including phenoxy) is 1. The second-order valence-corrected chi connectivity index (χ2v) is 8.52. The monoisotopic (exact) mass is 424 g/mol. The van der Waals surface area contributed by atoms with E-state index in [-0.39, 0.29) is 11.2 Å². The highest BCUT2D eigenvalue weighted by atomic mass is 32.2. The number of carbonyl (C=O) groups is 1. The average molecular weight is 425 g/mol. The van der Waals surface area contributed by atoms with Crippen LogP contribution >= 0.6 is 11.8 Å². The van der Waals surface area contributed by atoms with E-state index >= 15 is 0 Å². The van der Waals surface area contributed by atoms with Gasteiger partial charge in [0.05, 0.1) is 17.9 Å². The second kappa shape index (κ2) is 9.80. The number of amides is 1. The van der Waals surface area contributed by atoms with E-state index in [0.717, 1.165) is 29.0 Å². The van der Waals surface area contributed by atoms with Crippen molar-refractivity contribution in [2.45, 2.75) is 43.5 Å². The Morgan fingerprint density at radius 2 is 1.83 bits per heavy atom. The summed E-state index contributed by atoms with van der Waals surface area (Å²) in [5.41, 5.74) is 2.89. The lowest BCUT2D eigenvalue weighted by Gasteiger charge is -2.17. The van der Waals surface area contributed by atoms with Crippen LogP contribution in [0.3, 0.4) is 0 Å². The van der Waals surface area contributed by atoms with Gasteiger partial charge < -0.3 is 14.6 Å². The molecule has 0 aliphatic rings. The van der Waals surface area contributed by atoms with Crippen molar-refractivity contribution < 1.29 is 9.53 Å². The molecule has 0 saturated carbocycles. The number of para-hydroxylation sites is 2. The summed E-state index contributed by atoms with van der Waals surface area (Å²) in [7, 11) is 3.53. The van der Waals surface area contributed by atoms with Crippen molar-refractivity contribution in [3.8, 4) is 17.1 Å². The van der Waals surface area contributed by atoms with Gasteiger partial charge in [0.25, 0.3) is 0 Å². The largest absolute Gasteiger partial charge is 0.496 e. The molecule has 1 heterocycles. The Labute approximate surface area is 182 Å². The number of benzene rings is 2. The maximum absolute atomic E-state index is 12.9. The zero-order chi connectivity index (χ0) is 21.7. The fourth-order valence-electron chi connectivity index (χ4n) is 3.19. The van der Waals surface area contributed by atoms with Crippen LogP contribution < -0.4 is 10.1 Å². The number of hydrogen-bond donors (Lipinski definition) is 1. The highest BCUT2D eigenvalue weighted by molar-refractivity contribution is 8.00. The molecule has 0 spiro atoms. The molecule has 6 nitrogen and oxygen atoms in total. The van der Waals surface area contributed by atoms with Gasteiger partial charge >= 0.3 is 0 Å². The quantitative estimate of drug-likeness (QED) is 0.508. The smallest absolute Gasteiger partial charge is 0.237 e. The zero-order valence-corrected chi connectivity index (χ0v) is 18.9. The fourth-order valence-corrected chi connectivity index (χ4v) is 4.00. The standard InChI is InChI=1S/C23H28N4O2S/c1-6-15(2)17-11-7-9-13-19(17)24-22(28)16(3)30-23-26-25-21(27(23)4)18-12-8-10-14-20(18)29-5/h7-16H,6H2,1-5H3,(H,24,28)/t15-,16-/m1/s1. The molecular weight excluding hydrogens is 396 g/mol. The minimum absolute atomic E-state index is 0.0578. The first-order valence-electron chi connectivity index (χ1n) is 10.1. The van der Waals surface area contributed by atoms with E-state index in [4.69, 9.17) is 4.74 Å². The number of methoxy groups -OCH3 is 1. The van der Waals surface area contributed by atoms with Crippen LogP contribution in [-0.4, -0.2) is 33.0 Å². The van der Waals surface area contributed by atoms with Crippen LogP contribution in [0.4, 0.5) is 5.69 Å². The van der Waals surface area contributed by atoms with Gasteiger partial charge in [-0.25, -0.2) is 0 Å². The van der Waals surface area contributed by atoms with Crippen LogP contribution in [0.15, 0.2) is 53.7 Å². The molecule has 0 aliphatic heterocycles. The fraction of sp³-hybridized carbons (Fsp3) is 0.348. The molecule has 3 rings (SSSR count). The zero-order valence-electron chi connectivity index (χ0n) is 18.0. The Bertz CT molecular complexity index is 1020. The third kappa shape index (κ3) is 4.67. The van der Waals surface area contributed by atoms with Gasteiger partial charge in [0.2, 0.25) is 5.91 Å². The molecule has 0 unspecified atom stereocenters. The Kier molecular flexibility index (Phi) is 7.15. The van der Waals surface area contributed by atoms with E-state index in [2.05, 4.69) is 35.4 Å². The molecule has 30 heavy (non-hydrogen) atoms. The van der Waals surface area contributed by atoms with Crippen LogP contribution in [0.2, 0.25) is 0 Å². The molecule has 0 bridgehead atoms.